The molecule has 5 heteroatoms. The van der Waals surface area contributed by atoms with E-state index in [1.54, 1.807) is 6.07 Å². The Hall–Kier alpha value is -1.68. The molecule has 2 aromatic rings. The first-order valence-electron chi connectivity index (χ1n) is 6.05. The van der Waals surface area contributed by atoms with Gasteiger partial charge in [0, 0.05) is 6.07 Å². The molecule has 0 atom stereocenters. The summed E-state index contributed by atoms with van der Waals surface area (Å²) in [6, 6.07) is 4.39. The van der Waals surface area contributed by atoms with Gasteiger partial charge in [-0.15, -0.1) is 0 Å². The Morgan fingerprint density at radius 2 is 2.11 bits per heavy atom. The minimum atomic E-state index is -0.349. The molecule has 0 aliphatic carbocycles. The smallest absolute Gasteiger partial charge is 0.227 e. The van der Waals surface area contributed by atoms with Crippen molar-refractivity contribution in [3.8, 4) is 11.6 Å². The maximum Gasteiger partial charge on any atom is 0.227 e. The first-order valence-corrected chi connectivity index (χ1v) is 6.43. The Kier molecular flexibility index (Phi) is 4.32. The number of ether oxygens (including phenoxy) is 1. The van der Waals surface area contributed by atoms with Gasteiger partial charge in [0.2, 0.25) is 5.88 Å². The van der Waals surface area contributed by atoms with Crippen LogP contribution in [0, 0.1) is 12.7 Å². The summed E-state index contributed by atoms with van der Waals surface area (Å²) in [7, 11) is 0. The molecule has 0 N–H and O–H groups in total. The molecule has 3 nitrogen and oxygen atoms in total. The molecule has 1 aromatic heterocycles. The number of aromatic nitrogens is 2. The van der Waals surface area contributed by atoms with Crippen molar-refractivity contribution in [2.24, 2.45) is 0 Å². The van der Waals surface area contributed by atoms with Crippen molar-refractivity contribution in [1.82, 2.24) is 9.97 Å². The van der Waals surface area contributed by atoms with Gasteiger partial charge in [-0.25, -0.2) is 14.4 Å². The van der Waals surface area contributed by atoms with Gasteiger partial charge in [-0.1, -0.05) is 31.0 Å². The summed E-state index contributed by atoms with van der Waals surface area (Å²) in [4.78, 5) is 8.02. The molecule has 0 bridgehead atoms. The van der Waals surface area contributed by atoms with Gasteiger partial charge < -0.3 is 4.74 Å². The van der Waals surface area contributed by atoms with E-state index in [4.69, 9.17) is 16.3 Å². The molecule has 0 amide bonds. The molecule has 0 saturated heterocycles. The lowest BCUT2D eigenvalue weighted by molar-refractivity contribution is 0.446. The largest absolute Gasteiger partial charge is 0.438 e. The number of rotatable bonds is 4. The molecule has 0 fully saturated rings. The second-order valence-corrected chi connectivity index (χ2v) is 4.57. The van der Waals surface area contributed by atoms with Crippen LogP contribution in [0.25, 0.3) is 0 Å². The van der Waals surface area contributed by atoms with Crippen LogP contribution in [0.15, 0.2) is 24.5 Å². The predicted molar refractivity (Wildman–Crippen MR) is 72.2 cm³/mol. The van der Waals surface area contributed by atoms with Crippen LogP contribution in [0.2, 0.25) is 5.15 Å². The highest BCUT2D eigenvalue weighted by atomic mass is 35.5. The summed E-state index contributed by atoms with van der Waals surface area (Å²) in [6.45, 7) is 3.87. The molecule has 0 radical (unpaired) electrons. The van der Waals surface area contributed by atoms with Crippen LogP contribution in [0.4, 0.5) is 4.39 Å². The normalized spacial score (nSPS) is 10.5. The van der Waals surface area contributed by atoms with Crippen molar-refractivity contribution in [3.63, 3.8) is 0 Å². The summed E-state index contributed by atoms with van der Waals surface area (Å²) in [5.74, 6) is 0.473. The molecule has 0 unspecified atom stereocenters. The molecule has 0 spiro atoms. The molecule has 19 heavy (non-hydrogen) atoms. The minimum absolute atomic E-state index is 0.349. The van der Waals surface area contributed by atoms with Crippen molar-refractivity contribution in [1.29, 1.82) is 0 Å². The van der Waals surface area contributed by atoms with Crippen LogP contribution in [0.1, 0.15) is 24.5 Å². The average molecular weight is 281 g/mol. The zero-order chi connectivity index (χ0) is 13.8. The summed E-state index contributed by atoms with van der Waals surface area (Å²) in [6.07, 6.45) is 2.94. The van der Waals surface area contributed by atoms with Crippen LogP contribution < -0.4 is 4.74 Å². The maximum atomic E-state index is 13.2. The second-order valence-electron chi connectivity index (χ2n) is 4.21. The van der Waals surface area contributed by atoms with E-state index < -0.39 is 0 Å². The fourth-order valence-electron chi connectivity index (χ4n) is 1.71. The van der Waals surface area contributed by atoms with E-state index >= 15 is 0 Å². The van der Waals surface area contributed by atoms with Gasteiger partial charge >= 0.3 is 0 Å². The number of hydrogen-bond donors (Lipinski definition) is 0. The lowest BCUT2D eigenvalue weighted by Gasteiger charge is -2.11. The average Bonchev–Trinajstić information content (AvgIpc) is 2.38. The lowest BCUT2D eigenvalue weighted by atomic mass is 10.2. The zero-order valence-electron chi connectivity index (χ0n) is 10.8. The third-order valence-electron chi connectivity index (χ3n) is 2.71. The maximum absolute atomic E-state index is 13.2. The van der Waals surface area contributed by atoms with E-state index in [0.717, 1.165) is 17.5 Å². The van der Waals surface area contributed by atoms with E-state index in [1.165, 1.54) is 18.5 Å². The number of hydrogen-bond acceptors (Lipinski definition) is 3. The van der Waals surface area contributed by atoms with Gasteiger partial charge in [-0.3, -0.25) is 0 Å². The standard InChI is InChI=1S/C14H14ClFN2O/c1-3-4-11-13(15)17-8-18-14(11)19-12-7-10(16)6-5-9(12)2/h5-8H,3-4H2,1-2H3. The van der Waals surface area contributed by atoms with Crippen LogP contribution in [-0.4, -0.2) is 9.97 Å². The molecule has 0 aliphatic heterocycles. The van der Waals surface area contributed by atoms with Gasteiger partial charge in [0.15, 0.2) is 0 Å². The van der Waals surface area contributed by atoms with Crippen LogP contribution in [-0.2, 0) is 6.42 Å². The first kappa shape index (κ1) is 13.7. The summed E-state index contributed by atoms with van der Waals surface area (Å²) in [5.41, 5.74) is 1.58. The fraction of sp³-hybridized carbons (Fsp3) is 0.286. The number of aryl methyl sites for hydroxylation is 1. The van der Waals surface area contributed by atoms with Gasteiger partial charge in [-0.05, 0) is 25.0 Å². The Balaban J connectivity index is 2.37. The molecular formula is C14H14ClFN2O. The van der Waals surface area contributed by atoms with E-state index in [1.807, 2.05) is 13.8 Å². The zero-order valence-corrected chi connectivity index (χ0v) is 11.5. The van der Waals surface area contributed by atoms with Crippen molar-refractivity contribution in [2.45, 2.75) is 26.7 Å². The van der Waals surface area contributed by atoms with Gasteiger partial charge in [0.1, 0.15) is 23.0 Å². The SMILES string of the molecule is CCCc1c(Cl)ncnc1Oc1cc(F)ccc1C. The van der Waals surface area contributed by atoms with E-state index in [0.29, 0.717) is 23.2 Å². The minimum Gasteiger partial charge on any atom is -0.438 e. The molecule has 1 aromatic carbocycles. The monoisotopic (exact) mass is 280 g/mol. The lowest BCUT2D eigenvalue weighted by Crippen LogP contribution is -1.99. The van der Waals surface area contributed by atoms with Crippen LogP contribution in [0.3, 0.4) is 0 Å². The predicted octanol–water partition coefficient (Wildman–Crippen LogP) is 4.32. The third kappa shape index (κ3) is 3.20. The Labute approximate surface area is 116 Å². The number of nitrogens with zero attached hydrogens (tertiary/aromatic N) is 2. The Bertz CT molecular complexity index is 590. The fourth-order valence-corrected chi connectivity index (χ4v) is 1.93. The molecule has 0 saturated carbocycles. The van der Waals surface area contributed by atoms with Crippen molar-refractivity contribution < 1.29 is 9.13 Å². The highest BCUT2D eigenvalue weighted by Gasteiger charge is 2.12. The molecule has 0 aliphatic rings. The molecule has 1 heterocycles. The summed E-state index contributed by atoms with van der Waals surface area (Å²) >= 11 is 6.04. The van der Waals surface area contributed by atoms with Crippen molar-refractivity contribution in [2.75, 3.05) is 0 Å². The molecular weight excluding hydrogens is 267 g/mol. The van der Waals surface area contributed by atoms with E-state index in [2.05, 4.69) is 9.97 Å². The van der Waals surface area contributed by atoms with Crippen LogP contribution >= 0.6 is 11.6 Å². The highest BCUT2D eigenvalue weighted by molar-refractivity contribution is 6.30. The highest BCUT2D eigenvalue weighted by Crippen LogP contribution is 2.30. The first-order chi connectivity index (χ1) is 9.11. The quantitative estimate of drug-likeness (QED) is 0.782. The second kappa shape index (κ2) is 5.97. The number of halogens is 2. The molecule has 2 rings (SSSR count). The van der Waals surface area contributed by atoms with Crippen molar-refractivity contribution in [3.05, 3.63) is 46.6 Å². The van der Waals surface area contributed by atoms with E-state index in [-0.39, 0.29) is 5.82 Å². The van der Waals surface area contributed by atoms with Gasteiger partial charge in [0.25, 0.3) is 0 Å². The van der Waals surface area contributed by atoms with Gasteiger partial charge in [-0.2, -0.15) is 0 Å². The Morgan fingerprint density at radius 3 is 2.84 bits per heavy atom. The van der Waals surface area contributed by atoms with Crippen LogP contribution in [0.5, 0.6) is 11.6 Å². The van der Waals surface area contributed by atoms with E-state index in [9.17, 15) is 4.39 Å². The van der Waals surface area contributed by atoms with Gasteiger partial charge in [0.05, 0.1) is 5.56 Å². The summed E-state index contributed by atoms with van der Waals surface area (Å²) in [5, 5.41) is 0.376. The number of benzene rings is 1. The molecule has 100 valence electrons. The third-order valence-corrected chi connectivity index (χ3v) is 3.04. The Morgan fingerprint density at radius 1 is 1.32 bits per heavy atom. The summed E-state index contributed by atoms with van der Waals surface area (Å²) < 4.78 is 18.9. The van der Waals surface area contributed by atoms with Crippen molar-refractivity contribution >= 4 is 11.6 Å². The topological polar surface area (TPSA) is 35.0 Å².